The number of hydrogen-bond acceptors (Lipinski definition) is 3. The Hall–Kier alpha value is -0.120. The molecule has 1 N–H and O–H groups in total. The predicted octanol–water partition coefficient (Wildman–Crippen LogP) is 1.57. The van der Waals surface area contributed by atoms with E-state index < -0.39 is 0 Å². The molecule has 1 heterocycles. The number of nitrogens with one attached hydrogen (secondary N) is 1. The van der Waals surface area contributed by atoms with Crippen LogP contribution in [0.3, 0.4) is 0 Å². The second-order valence-electron chi connectivity index (χ2n) is 4.00. The zero-order valence-electron chi connectivity index (χ0n) is 9.42. The normalized spacial score (nSPS) is 19.3. The van der Waals surface area contributed by atoms with Crippen LogP contribution in [0, 0.1) is 0 Å². The Balaban J connectivity index is 1.84. The summed E-state index contributed by atoms with van der Waals surface area (Å²) in [4.78, 5) is 0. The number of hydrogen-bond donors (Lipinski definition) is 1. The van der Waals surface area contributed by atoms with Crippen LogP contribution in [0.1, 0.15) is 33.1 Å². The molecule has 3 heteroatoms. The van der Waals surface area contributed by atoms with E-state index in [1.165, 1.54) is 12.8 Å². The average Bonchev–Trinajstić information content (AvgIpc) is 2.11. The van der Waals surface area contributed by atoms with Crippen molar-refractivity contribution < 1.29 is 9.47 Å². The second-order valence-corrected chi connectivity index (χ2v) is 4.00. The molecule has 84 valence electrons. The molecule has 0 aromatic rings. The van der Waals surface area contributed by atoms with Crippen LogP contribution >= 0.6 is 0 Å². The van der Waals surface area contributed by atoms with Crippen molar-refractivity contribution in [1.29, 1.82) is 0 Å². The molecule has 0 aromatic heterocycles. The highest BCUT2D eigenvalue weighted by molar-refractivity contribution is 4.66. The van der Waals surface area contributed by atoms with E-state index >= 15 is 0 Å². The number of rotatable bonds is 8. The molecule has 0 spiro atoms. The summed E-state index contributed by atoms with van der Waals surface area (Å²) in [7, 11) is 0. The summed E-state index contributed by atoms with van der Waals surface area (Å²) in [6.45, 7) is 8.17. The SMILES string of the molecule is CCCNCCCC(C)OC1COC1. The minimum absolute atomic E-state index is 0.369. The van der Waals surface area contributed by atoms with Gasteiger partial charge in [0, 0.05) is 0 Å². The summed E-state index contributed by atoms with van der Waals surface area (Å²) in [5.41, 5.74) is 0. The van der Waals surface area contributed by atoms with Crippen molar-refractivity contribution in [3.8, 4) is 0 Å². The minimum Gasteiger partial charge on any atom is -0.376 e. The highest BCUT2D eigenvalue weighted by atomic mass is 16.6. The highest BCUT2D eigenvalue weighted by Gasteiger charge is 2.20. The Bertz CT molecular complexity index is 137. The molecule has 0 aliphatic carbocycles. The Morgan fingerprint density at radius 3 is 2.79 bits per heavy atom. The molecule has 1 unspecified atom stereocenters. The third-order valence-electron chi connectivity index (χ3n) is 2.42. The summed E-state index contributed by atoms with van der Waals surface area (Å²) >= 11 is 0. The van der Waals surface area contributed by atoms with Crippen molar-refractivity contribution in [2.45, 2.75) is 45.3 Å². The van der Waals surface area contributed by atoms with Crippen LogP contribution in [0.25, 0.3) is 0 Å². The quantitative estimate of drug-likeness (QED) is 0.605. The van der Waals surface area contributed by atoms with Gasteiger partial charge in [-0.05, 0) is 39.3 Å². The molecule has 1 aliphatic rings. The summed E-state index contributed by atoms with van der Waals surface area (Å²) in [6.07, 6.45) is 4.31. The Morgan fingerprint density at radius 1 is 1.43 bits per heavy atom. The van der Waals surface area contributed by atoms with E-state index in [0.717, 1.165) is 32.7 Å². The standard InChI is InChI=1S/C11H23NO2/c1-3-6-12-7-4-5-10(2)14-11-8-13-9-11/h10-12H,3-9H2,1-2H3. The lowest BCUT2D eigenvalue weighted by Crippen LogP contribution is -2.38. The van der Waals surface area contributed by atoms with Gasteiger partial charge in [0.15, 0.2) is 0 Å². The molecule has 0 saturated carbocycles. The molecular formula is C11H23NO2. The fourth-order valence-electron chi connectivity index (χ4n) is 1.51. The molecular weight excluding hydrogens is 178 g/mol. The Kier molecular flexibility index (Phi) is 6.15. The van der Waals surface area contributed by atoms with Gasteiger partial charge in [0.2, 0.25) is 0 Å². The highest BCUT2D eigenvalue weighted by Crippen LogP contribution is 2.11. The van der Waals surface area contributed by atoms with E-state index in [-0.39, 0.29) is 0 Å². The van der Waals surface area contributed by atoms with Gasteiger partial charge < -0.3 is 14.8 Å². The van der Waals surface area contributed by atoms with E-state index in [4.69, 9.17) is 9.47 Å². The first-order valence-electron chi connectivity index (χ1n) is 5.77. The van der Waals surface area contributed by atoms with Crippen LogP contribution in [0.2, 0.25) is 0 Å². The molecule has 0 radical (unpaired) electrons. The molecule has 1 fully saturated rings. The molecule has 1 aliphatic heterocycles. The first-order chi connectivity index (χ1) is 6.83. The molecule has 1 saturated heterocycles. The van der Waals surface area contributed by atoms with Crippen molar-refractivity contribution >= 4 is 0 Å². The van der Waals surface area contributed by atoms with Gasteiger partial charge in [0.25, 0.3) is 0 Å². The van der Waals surface area contributed by atoms with Gasteiger partial charge in [-0.15, -0.1) is 0 Å². The van der Waals surface area contributed by atoms with Gasteiger partial charge in [-0.3, -0.25) is 0 Å². The van der Waals surface area contributed by atoms with Crippen molar-refractivity contribution in [2.24, 2.45) is 0 Å². The topological polar surface area (TPSA) is 30.5 Å². The van der Waals surface area contributed by atoms with E-state index in [1.807, 2.05) is 0 Å². The van der Waals surface area contributed by atoms with Crippen LogP contribution in [0.5, 0.6) is 0 Å². The molecule has 0 amide bonds. The van der Waals surface area contributed by atoms with Crippen LogP contribution < -0.4 is 5.32 Å². The lowest BCUT2D eigenvalue weighted by molar-refractivity contribution is -0.151. The lowest BCUT2D eigenvalue weighted by atomic mass is 10.2. The fraction of sp³-hybridized carbons (Fsp3) is 1.00. The fourth-order valence-corrected chi connectivity index (χ4v) is 1.51. The van der Waals surface area contributed by atoms with Crippen molar-refractivity contribution in [2.75, 3.05) is 26.3 Å². The van der Waals surface area contributed by atoms with Crippen LogP contribution in [0.4, 0.5) is 0 Å². The van der Waals surface area contributed by atoms with E-state index in [9.17, 15) is 0 Å². The molecule has 1 rings (SSSR count). The average molecular weight is 201 g/mol. The molecule has 0 aromatic carbocycles. The van der Waals surface area contributed by atoms with Gasteiger partial charge in [0.1, 0.15) is 6.10 Å². The smallest absolute Gasteiger partial charge is 0.104 e. The zero-order chi connectivity index (χ0) is 10.2. The van der Waals surface area contributed by atoms with Crippen LogP contribution in [-0.4, -0.2) is 38.5 Å². The minimum atomic E-state index is 0.369. The Labute approximate surface area is 87.2 Å². The zero-order valence-corrected chi connectivity index (χ0v) is 9.42. The molecule has 1 atom stereocenters. The van der Waals surface area contributed by atoms with Gasteiger partial charge in [-0.2, -0.15) is 0 Å². The maximum atomic E-state index is 5.74. The first-order valence-corrected chi connectivity index (χ1v) is 5.77. The summed E-state index contributed by atoms with van der Waals surface area (Å²) < 4.78 is 10.8. The third kappa shape index (κ3) is 4.94. The largest absolute Gasteiger partial charge is 0.376 e. The Morgan fingerprint density at radius 2 is 2.21 bits per heavy atom. The summed E-state index contributed by atoms with van der Waals surface area (Å²) in [6, 6.07) is 0. The van der Waals surface area contributed by atoms with Crippen molar-refractivity contribution in [3.63, 3.8) is 0 Å². The van der Waals surface area contributed by atoms with E-state index in [2.05, 4.69) is 19.2 Å². The second kappa shape index (κ2) is 7.21. The monoisotopic (exact) mass is 201 g/mol. The van der Waals surface area contributed by atoms with Crippen molar-refractivity contribution in [1.82, 2.24) is 5.32 Å². The van der Waals surface area contributed by atoms with Gasteiger partial charge >= 0.3 is 0 Å². The third-order valence-corrected chi connectivity index (χ3v) is 2.42. The van der Waals surface area contributed by atoms with Crippen LogP contribution in [-0.2, 0) is 9.47 Å². The summed E-state index contributed by atoms with van der Waals surface area (Å²) in [5, 5.41) is 3.39. The van der Waals surface area contributed by atoms with Gasteiger partial charge in [-0.1, -0.05) is 6.92 Å². The predicted molar refractivity (Wildman–Crippen MR) is 57.5 cm³/mol. The lowest BCUT2D eigenvalue weighted by Gasteiger charge is -2.29. The van der Waals surface area contributed by atoms with Crippen molar-refractivity contribution in [3.05, 3.63) is 0 Å². The van der Waals surface area contributed by atoms with Gasteiger partial charge in [-0.25, -0.2) is 0 Å². The molecule has 0 bridgehead atoms. The van der Waals surface area contributed by atoms with Gasteiger partial charge in [0.05, 0.1) is 19.3 Å². The molecule has 14 heavy (non-hydrogen) atoms. The van der Waals surface area contributed by atoms with E-state index in [0.29, 0.717) is 12.2 Å². The molecule has 3 nitrogen and oxygen atoms in total. The maximum absolute atomic E-state index is 5.74. The number of ether oxygens (including phenoxy) is 2. The first kappa shape index (κ1) is 12.0. The van der Waals surface area contributed by atoms with Crippen LogP contribution in [0.15, 0.2) is 0 Å². The maximum Gasteiger partial charge on any atom is 0.104 e. The summed E-state index contributed by atoms with van der Waals surface area (Å²) in [5.74, 6) is 0. The van der Waals surface area contributed by atoms with E-state index in [1.54, 1.807) is 0 Å².